The van der Waals surface area contributed by atoms with Crippen molar-refractivity contribution < 1.29 is 15.1 Å². The summed E-state index contributed by atoms with van der Waals surface area (Å²) in [7, 11) is 0. The zero-order valence-electron chi connectivity index (χ0n) is 17.6. The SMILES string of the molecule is Cl.Cl.O=C(NO)c1cc(C2CCN(c3ccc(CCCO)cc3)CC2)nc2ccncc12. The van der Waals surface area contributed by atoms with E-state index in [9.17, 15) is 4.79 Å². The highest BCUT2D eigenvalue weighted by Crippen LogP contribution is 2.31. The number of amides is 1. The van der Waals surface area contributed by atoms with Gasteiger partial charge in [0, 0.05) is 54.8 Å². The fourth-order valence-corrected chi connectivity index (χ4v) is 4.14. The second-order valence-electron chi connectivity index (χ2n) is 7.68. The van der Waals surface area contributed by atoms with Crippen LogP contribution in [0.5, 0.6) is 0 Å². The second-order valence-corrected chi connectivity index (χ2v) is 7.68. The van der Waals surface area contributed by atoms with Gasteiger partial charge in [-0.05, 0) is 55.5 Å². The number of carbonyl (C=O) groups excluding carboxylic acids is 1. The Labute approximate surface area is 199 Å². The number of halogens is 2. The summed E-state index contributed by atoms with van der Waals surface area (Å²) >= 11 is 0. The summed E-state index contributed by atoms with van der Waals surface area (Å²) in [6, 6.07) is 12.1. The summed E-state index contributed by atoms with van der Waals surface area (Å²) in [5.74, 6) is -0.289. The summed E-state index contributed by atoms with van der Waals surface area (Å²) in [5.41, 5.74) is 6.17. The van der Waals surface area contributed by atoms with E-state index in [-0.39, 0.29) is 37.3 Å². The van der Waals surface area contributed by atoms with Crippen LogP contribution in [0.3, 0.4) is 0 Å². The summed E-state index contributed by atoms with van der Waals surface area (Å²) < 4.78 is 0. The lowest BCUT2D eigenvalue weighted by Gasteiger charge is -2.33. The maximum Gasteiger partial charge on any atom is 0.275 e. The van der Waals surface area contributed by atoms with E-state index in [4.69, 9.17) is 15.3 Å². The average Bonchev–Trinajstić information content (AvgIpc) is 2.82. The maximum atomic E-state index is 12.2. The van der Waals surface area contributed by atoms with E-state index in [0.717, 1.165) is 44.5 Å². The number of nitrogens with one attached hydrogen (secondary N) is 1. The Morgan fingerprint density at radius 3 is 2.50 bits per heavy atom. The number of fused-ring (bicyclic) bond motifs is 1. The van der Waals surface area contributed by atoms with Gasteiger partial charge in [-0.3, -0.25) is 20.0 Å². The predicted molar refractivity (Wildman–Crippen MR) is 129 cm³/mol. The van der Waals surface area contributed by atoms with Crippen LogP contribution in [0.1, 0.15) is 46.8 Å². The zero-order valence-corrected chi connectivity index (χ0v) is 19.2. The third-order valence-corrected chi connectivity index (χ3v) is 5.81. The first-order valence-corrected chi connectivity index (χ1v) is 10.3. The highest BCUT2D eigenvalue weighted by atomic mass is 35.5. The van der Waals surface area contributed by atoms with Crippen molar-refractivity contribution >= 4 is 47.3 Å². The maximum absolute atomic E-state index is 12.2. The molecule has 4 rings (SSSR count). The van der Waals surface area contributed by atoms with Gasteiger partial charge in [0.05, 0.1) is 11.1 Å². The predicted octanol–water partition coefficient (Wildman–Crippen LogP) is 3.90. The Balaban J connectivity index is 0.00000181. The molecule has 3 heterocycles. The first kappa shape index (κ1) is 25.8. The molecule has 1 aliphatic rings. The van der Waals surface area contributed by atoms with Crippen molar-refractivity contribution in [3.8, 4) is 0 Å². The summed E-state index contributed by atoms with van der Waals surface area (Å²) in [5, 5.41) is 18.7. The molecule has 1 fully saturated rings. The fraction of sp³-hybridized carbons (Fsp3) is 0.348. The molecular weight excluding hydrogens is 451 g/mol. The summed E-state index contributed by atoms with van der Waals surface area (Å²) in [6.07, 6.45) is 6.82. The molecule has 9 heteroatoms. The molecule has 1 saturated heterocycles. The van der Waals surface area contributed by atoms with Gasteiger partial charge in [0.2, 0.25) is 0 Å². The third kappa shape index (κ3) is 5.66. The smallest absolute Gasteiger partial charge is 0.275 e. The highest BCUT2D eigenvalue weighted by Gasteiger charge is 2.24. The number of aryl methyl sites for hydroxylation is 1. The lowest BCUT2D eigenvalue weighted by Crippen LogP contribution is -2.33. The Hall–Kier alpha value is -2.45. The second kappa shape index (κ2) is 12.0. The first-order chi connectivity index (χ1) is 14.7. The number of aliphatic hydroxyl groups excluding tert-OH is 1. The minimum absolute atomic E-state index is 0. The standard InChI is InChI=1S/C23H26N4O3.2ClH/c28-13-1-2-16-3-5-18(6-4-16)27-11-8-17(9-12-27)22-14-19(23(29)26-30)20-15-24-10-7-21(20)25-22;;/h3-7,10,14-15,17,28,30H,1-2,8-9,11-13H2,(H,26,29);2*1H. The van der Waals surface area contributed by atoms with Crippen LogP contribution >= 0.6 is 24.8 Å². The monoisotopic (exact) mass is 478 g/mol. The molecule has 32 heavy (non-hydrogen) atoms. The molecule has 0 saturated carbocycles. The van der Waals surface area contributed by atoms with E-state index in [2.05, 4.69) is 34.1 Å². The van der Waals surface area contributed by atoms with Gasteiger partial charge in [-0.25, -0.2) is 5.48 Å². The molecule has 0 radical (unpaired) electrons. The molecule has 3 N–H and O–H groups in total. The fourth-order valence-electron chi connectivity index (χ4n) is 4.14. The van der Waals surface area contributed by atoms with Crippen molar-refractivity contribution in [3.63, 3.8) is 0 Å². The number of nitrogens with zero attached hydrogens (tertiary/aromatic N) is 3. The van der Waals surface area contributed by atoms with Crippen LogP contribution < -0.4 is 10.4 Å². The van der Waals surface area contributed by atoms with E-state index in [1.807, 2.05) is 0 Å². The number of anilines is 1. The van der Waals surface area contributed by atoms with E-state index in [1.165, 1.54) is 11.3 Å². The average molecular weight is 479 g/mol. The molecule has 0 atom stereocenters. The van der Waals surface area contributed by atoms with Crippen LogP contribution in [0.25, 0.3) is 10.9 Å². The van der Waals surface area contributed by atoms with Crippen molar-refractivity contribution in [3.05, 3.63) is 65.6 Å². The Kier molecular flexibility index (Phi) is 9.65. The number of aromatic nitrogens is 2. The number of hydroxylamine groups is 1. The Bertz CT molecular complexity index is 1030. The quantitative estimate of drug-likeness (QED) is 0.367. The molecule has 0 unspecified atom stereocenters. The number of hydrogen-bond donors (Lipinski definition) is 3. The number of benzene rings is 1. The molecule has 0 spiro atoms. The number of piperidine rings is 1. The topological polar surface area (TPSA) is 98.6 Å². The minimum Gasteiger partial charge on any atom is -0.396 e. The number of rotatable bonds is 6. The Morgan fingerprint density at radius 1 is 1.12 bits per heavy atom. The van der Waals surface area contributed by atoms with Crippen LogP contribution in [0, 0.1) is 0 Å². The lowest BCUT2D eigenvalue weighted by molar-refractivity contribution is 0.0708. The van der Waals surface area contributed by atoms with E-state index >= 15 is 0 Å². The zero-order chi connectivity index (χ0) is 20.9. The third-order valence-electron chi connectivity index (χ3n) is 5.81. The number of hydrogen-bond acceptors (Lipinski definition) is 6. The molecule has 2 aromatic heterocycles. The van der Waals surface area contributed by atoms with E-state index in [1.54, 1.807) is 30.0 Å². The molecule has 172 valence electrons. The van der Waals surface area contributed by atoms with Gasteiger partial charge in [0.25, 0.3) is 5.91 Å². The lowest BCUT2D eigenvalue weighted by atomic mass is 9.91. The molecule has 1 aromatic carbocycles. The van der Waals surface area contributed by atoms with Crippen LogP contribution in [0.4, 0.5) is 5.69 Å². The summed E-state index contributed by atoms with van der Waals surface area (Å²) in [6.45, 7) is 2.05. The number of aliphatic hydroxyl groups is 1. The molecule has 0 bridgehead atoms. The van der Waals surface area contributed by atoms with Crippen molar-refractivity contribution in [1.29, 1.82) is 0 Å². The molecular formula is C23H28Cl2N4O3. The van der Waals surface area contributed by atoms with Gasteiger partial charge in [0.1, 0.15) is 0 Å². The van der Waals surface area contributed by atoms with Gasteiger partial charge in [-0.2, -0.15) is 0 Å². The van der Waals surface area contributed by atoms with Crippen LogP contribution in [0.2, 0.25) is 0 Å². The van der Waals surface area contributed by atoms with Crippen molar-refractivity contribution in [2.45, 2.75) is 31.6 Å². The number of carbonyl (C=O) groups is 1. The molecule has 0 aliphatic carbocycles. The largest absolute Gasteiger partial charge is 0.396 e. The van der Waals surface area contributed by atoms with Gasteiger partial charge < -0.3 is 10.0 Å². The first-order valence-electron chi connectivity index (χ1n) is 10.3. The minimum atomic E-state index is -0.546. The molecule has 3 aromatic rings. The Morgan fingerprint density at radius 2 is 1.84 bits per heavy atom. The van der Waals surface area contributed by atoms with Crippen molar-refractivity contribution in [1.82, 2.24) is 15.4 Å². The van der Waals surface area contributed by atoms with Gasteiger partial charge in [0.15, 0.2) is 0 Å². The van der Waals surface area contributed by atoms with E-state index in [0.29, 0.717) is 16.5 Å². The van der Waals surface area contributed by atoms with Crippen LogP contribution in [-0.2, 0) is 6.42 Å². The number of pyridine rings is 2. The van der Waals surface area contributed by atoms with Crippen molar-refractivity contribution in [2.24, 2.45) is 0 Å². The molecule has 7 nitrogen and oxygen atoms in total. The van der Waals surface area contributed by atoms with Gasteiger partial charge in [-0.1, -0.05) is 12.1 Å². The van der Waals surface area contributed by atoms with Crippen LogP contribution in [0.15, 0.2) is 48.8 Å². The van der Waals surface area contributed by atoms with Gasteiger partial charge >= 0.3 is 0 Å². The normalized spacial score (nSPS) is 13.9. The summed E-state index contributed by atoms with van der Waals surface area (Å²) in [4.78, 5) is 23.4. The molecule has 1 aliphatic heterocycles. The van der Waals surface area contributed by atoms with Crippen molar-refractivity contribution in [2.75, 3.05) is 24.6 Å². The highest BCUT2D eigenvalue weighted by molar-refractivity contribution is 6.05. The molecule has 1 amide bonds. The van der Waals surface area contributed by atoms with E-state index < -0.39 is 5.91 Å². The van der Waals surface area contributed by atoms with Gasteiger partial charge in [-0.15, -0.1) is 24.8 Å². The van der Waals surface area contributed by atoms with Crippen LogP contribution in [-0.4, -0.2) is 45.9 Å².